The van der Waals surface area contributed by atoms with Crippen LogP contribution in [0, 0.1) is 0 Å². The van der Waals surface area contributed by atoms with E-state index >= 15 is 0 Å². The summed E-state index contributed by atoms with van der Waals surface area (Å²) in [6.07, 6.45) is -2.89. The fourth-order valence-corrected chi connectivity index (χ4v) is 2.07. The fraction of sp³-hybridized carbons (Fsp3) is 0.182. The second-order valence-electron chi connectivity index (χ2n) is 3.58. The van der Waals surface area contributed by atoms with E-state index in [2.05, 4.69) is 10.3 Å². The number of anilines is 2. The number of hydrogen-bond acceptors (Lipinski definition) is 4. The molecule has 3 nitrogen and oxygen atoms in total. The summed E-state index contributed by atoms with van der Waals surface area (Å²) in [4.78, 5) is 3.92. The topological polar surface area (TPSA) is 50.9 Å². The molecule has 0 bridgehead atoms. The van der Waals surface area contributed by atoms with Crippen LogP contribution in [0.15, 0.2) is 30.5 Å². The van der Waals surface area contributed by atoms with Crippen molar-refractivity contribution in [2.24, 2.45) is 0 Å². The molecule has 0 aliphatic rings. The molecule has 0 radical (unpaired) electrons. The number of nitrogens with two attached hydrogens (primary N) is 1. The maximum Gasteiger partial charge on any atom is 0.416 e. The Bertz CT molecular complexity index is 536. The molecule has 1 heterocycles. The summed E-state index contributed by atoms with van der Waals surface area (Å²) >= 11 is 1.19. The van der Waals surface area contributed by atoms with Gasteiger partial charge in [0, 0.05) is 6.54 Å². The minimum Gasteiger partial charge on any atom is -0.389 e. The number of hydrogen-bond donors (Lipinski definition) is 2. The van der Waals surface area contributed by atoms with E-state index in [0.717, 1.165) is 6.07 Å². The Morgan fingerprint density at radius 2 is 2.00 bits per heavy atom. The van der Waals surface area contributed by atoms with Gasteiger partial charge in [0.2, 0.25) is 0 Å². The predicted octanol–water partition coefficient (Wildman–Crippen LogP) is 3.36. The van der Waals surface area contributed by atoms with E-state index in [1.807, 2.05) is 0 Å². The van der Waals surface area contributed by atoms with Crippen molar-refractivity contribution in [3.8, 4) is 0 Å². The normalized spacial score (nSPS) is 11.5. The van der Waals surface area contributed by atoms with Gasteiger partial charge < -0.3 is 11.1 Å². The maximum absolute atomic E-state index is 12.7. The number of benzene rings is 1. The molecule has 0 spiro atoms. The monoisotopic (exact) mass is 273 g/mol. The molecule has 1 aromatic carbocycles. The molecular weight excluding hydrogens is 263 g/mol. The van der Waals surface area contributed by atoms with Gasteiger partial charge in [0.15, 0.2) is 5.13 Å². The second kappa shape index (κ2) is 4.85. The Labute approximate surface area is 105 Å². The van der Waals surface area contributed by atoms with Crippen LogP contribution in [0.25, 0.3) is 0 Å². The van der Waals surface area contributed by atoms with Gasteiger partial charge in [-0.2, -0.15) is 13.2 Å². The molecule has 0 aliphatic heterocycles. The Hall–Kier alpha value is -1.76. The van der Waals surface area contributed by atoms with Crippen molar-refractivity contribution in [3.63, 3.8) is 0 Å². The van der Waals surface area contributed by atoms with Crippen LogP contribution in [0.5, 0.6) is 0 Å². The van der Waals surface area contributed by atoms with Crippen molar-refractivity contribution in [3.05, 3.63) is 41.6 Å². The van der Waals surface area contributed by atoms with Gasteiger partial charge in [0.05, 0.1) is 11.8 Å². The van der Waals surface area contributed by atoms with Gasteiger partial charge in [-0.1, -0.05) is 29.5 Å². The van der Waals surface area contributed by atoms with Gasteiger partial charge in [0.25, 0.3) is 0 Å². The fourth-order valence-electron chi connectivity index (χ4n) is 1.49. The molecule has 7 heteroatoms. The van der Waals surface area contributed by atoms with Crippen molar-refractivity contribution >= 4 is 21.5 Å². The zero-order valence-electron chi connectivity index (χ0n) is 9.16. The molecule has 0 saturated heterocycles. The molecule has 0 saturated carbocycles. The zero-order valence-corrected chi connectivity index (χ0v) is 9.98. The summed E-state index contributed by atoms with van der Waals surface area (Å²) in [5.41, 5.74) is 5.03. The summed E-state index contributed by atoms with van der Waals surface area (Å²) in [7, 11) is 0. The molecule has 96 valence electrons. The lowest BCUT2D eigenvalue weighted by Crippen LogP contribution is -2.11. The Morgan fingerprint density at radius 1 is 1.28 bits per heavy atom. The molecule has 0 aliphatic carbocycles. The smallest absolute Gasteiger partial charge is 0.389 e. The third-order valence-corrected chi connectivity index (χ3v) is 3.06. The van der Waals surface area contributed by atoms with Gasteiger partial charge in [-0.15, -0.1) is 0 Å². The van der Waals surface area contributed by atoms with E-state index in [1.54, 1.807) is 6.07 Å². The first-order valence-corrected chi connectivity index (χ1v) is 5.89. The molecule has 1 aromatic heterocycles. The van der Waals surface area contributed by atoms with E-state index in [-0.39, 0.29) is 12.1 Å². The Kier molecular flexibility index (Phi) is 3.42. The summed E-state index contributed by atoms with van der Waals surface area (Å²) < 4.78 is 38.2. The number of thiazole rings is 1. The third-order valence-electron chi connectivity index (χ3n) is 2.28. The average molecular weight is 273 g/mol. The van der Waals surface area contributed by atoms with Gasteiger partial charge >= 0.3 is 6.18 Å². The standard InChI is InChI=1S/C11H10F3N3S/c12-11(13,14)8-4-2-1-3-7(8)5-16-10-17-6-9(15)18-10/h1-4,6H,5,15H2,(H,16,17). The summed E-state index contributed by atoms with van der Waals surface area (Å²) in [5.74, 6) is 0. The number of nitrogens with one attached hydrogen (secondary N) is 1. The van der Waals surface area contributed by atoms with Gasteiger partial charge in [-0.25, -0.2) is 4.98 Å². The number of halogens is 3. The third kappa shape index (κ3) is 2.92. The highest BCUT2D eigenvalue weighted by molar-refractivity contribution is 7.19. The van der Waals surface area contributed by atoms with Crippen LogP contribution in [0.2, 0.25) is 0 Å². The van der Waals surface area contributed by atoms with Crippen LogP contribution in [0.4, 0.5) is 23.3 Å². The number of alkyl halides is 3. The average Bonchev–Trinajstić information content (AvgIpc) is 2.72. The molecule has 3 N–H and O–H groups in total. The quantitative estimate of drug-likeness (QED) is 0.901. The Morgan fingerprint density at radius 3 is 2.61 bits per heavy atom. The highest BCUT2D eigenvalue weighted by atomic mass is 32.1. The Balaban J connectivity index is 2.14. The summed E-state index contributed by atoms with van der Waals surface area (Å²) in [5, 5.41) is 3.84. The lowest BCUT2D eigenvalue weighted by molar-refractivity contribution is -0.138. The van der Waals surface area contributed by atoms with E-state index in [4.69, 9.17) is 5.73 Å². The van der Waals surface area contributed by atoms with E-state index in [9.17, 15) is 13.2 Å². The minimum atomic E-state index is -4.35. The first kappa shape index (κ1) is 12.7. The van der Waals surface area contributed by atoms with Crippen LogP contribution in [-0.2, 0) is 12.7 Å². The molecule has 18 heavy (non-hydrogen) atoms. The first-order valence-electron chi connectivity index (χ1n) is 5.07. The number of nitrogen functional groups attached to an aromatic ring is 1. The lowest BCUT2D eigenvalue weighted by Gasteiger charge is -2.12. The van der Waals surface area contributed by atoms with Crippen molar-refractivity contribution in [1.82, 2.24) is 4.98 Å². The van der Waals surface area contributed by atoms with Crippen molar-refractivity contribution in [2.45, 2.75) is 12.7 Å². The maximum atomic E-state index is 12.7. The molecule has 0 fully saturated rings. The van der Waals surface area contributed by atoms with Gasteiger partial charge in [-0.05, 0) is 11.6 Å². The SMILES string of the molecule is Nc1cnc(NCc2ccccc2C(F)(F)F)s1. The summed E-state index contributed by atoms with van der Waals surface area (Å²) in [6.45, 7) is 0.0582. The molecule has 0 unspecified atom stereocenters. The van der Waals surface area contributed by atoms with Crippen LogP contribution in [0.1, 0.15) is 11.1 Å². The first-order chi connectivity index (χ1) is 8.47. The van der Waals surface area contributed by atoms with Gasteiger partial charge in [-0.3, -0.25) is 0 Å². The van der Waals surface area contributed by atoms with E-state index < -0.39 is 11.7 Å². The molecule has 2 aromatic rings. The number of nitrogens with zero attached hydrogens (tertiary/aromatic N) is 1. The lowest BCUT2D eigenvalue weighted by atomic mass is 10.1. The predicted molar refractivity (Wildman–Crippen MR) is 65.3 cm³/mol. The molecule has 0 amide bonds. The molecule has 2 rings (SSSR count). The largest absolute Gasteiger partial charge is 0.416 e. The number of rotatable bonds is 3. The van der Waals surface area contributed by atoms with Crippen LogP contribution >= 0.6 is 11.3 Å². The van der Waals surface area contributed by atoms with Crippen LogP contribution < -0.4 is 11.1 Å². The van der Waals surface area contributed by atoms with Gasteiger partial charge in [0.1, 0.15) is 5.00 Å². The van der Waals surface area contributed by atoms with Crippen LogP contribution in [-0.4, -0.2) is 4.98 Å². The van der Waals surface area contributed by atoms with Crippen molar-refractivity contribution < 1.29 is 13.2 Å². The van der Waals surface area contributed by atoms with Crippen molar-refractivity contribution in [1.29, 1.82) is 0 Å². The van der Waals surface area contributed by atoms with E-state index in [1.165, 1.54) is 29.7 Å². The second-order valence-corrected chi connectivity index (χ2v) is 4.64. The molecular formula is C11H10F3N3S. The van der Waals surface area contributed by atoms with E-state index in [0.29, 0.717) is 10.1 Å². The number of aromatic nitrogens is 1. The van der Waals surface area contributed by atoms with Crippen LogP contribution in [0.3, 0.4) is 0 Å². The van der Waals surface area contributed by atoms with Crippen molar-refractivity contribution in [2.75, 3.05) is 11.1 Å². The highest BCUT2D eigenvalue weighted by Crippen LogP contribution is 2.32. The highest BCUT2D eigenvalue weighted by Gasteiger charge is 2.32. The zero-order chi connectivity index (χ0) is 13.2. The minimum absolute atomic E-state index is 0.0582. The molecule has 0 atom stereocenters. The summed E-state index contributed by atoms with van der Waals surface area (Å²) in [6, 6.07) is 5.44.